The van der Waals surface area contributed by atoms with Crippen molar-refractivity contribution in [3.63, 3.8) is 0 Å². The van der Waals surface area contributed by atoms with Crippen molar-refractivity contribution in [1.82, 2.24) is 0 Å². The molecule has 19 heavy (non-hydrogen) atoms. The van der Waals surface area contributed by atoms with Gasteiger partial charge in [0.1, 0.15) is 23.2 Å². The van der Waals surface area contributed by atoms with Crippen LogP contribution in [0.2, 0.25) is 0 Å². The minimum atomic E-state index is -0.419. The summed E-state index contributed by atoms with van der Waals surface area (Å²) >= 11 is 8.19. The van der Waals surface area contributed by atoms with Crippen LogP contribution in [-0.2, 0) is 6.61 Å². The van der Waals surface area contributed by atoms with E-state index in [2.05, 4.69) is 15.9 Å². The first-order valence-electron chi connectivity index (χ1n) is 5.53. The second kappa shape index (κ2) is 6.12. The molecule has 0 radical (unpaired) electrons. The standard InChI is InChI=1S/C14H11BrFNOS/c15-11-3-1-2-4-13(11)18-8-9-5-6-12(16)10(7-9)14(17)19/h1-7H,8H2,(H2,17,19). The van der Waals surface area contributed by atoms with Crippen LogP contribution >= 0.6 is 28.1 Å². The maximum absolute atomic E-state index is 13.4. The molecule has 0 atom stereocenters. The summed E-state index contributed by atoms with van der Waals surface area (Å²) < 4.78 is 19.9. The van der Waals surface area contributed by atoms with Crippen LogP contribution in [0.4, 0.5) is 4.39 Å². The van der Waals surface area contributed by atoms with Gasteiger partial charge in [0.25, 0.3) is 0 Å². The summed E-state index contributed by atoms with van der Waals surface area (Å²) in [7, 11) is 0. The van der Waals surface area contributed by atoms with Gasteiger partial charge in [-0.2, -0.15) is 0 Å². The van der Waals surface area contributed by atoms with Crippen LogP contribution in [0.5, 0.6) is 5.75 Å². The van der Waals surface area contributed by atoms with Crippen molar-refractivity contribution >= 4 is 33.1 Å². The van der Waals surface area contributed by atoms with Crippen molar-refractivity contribution in [2.75, 3.05) is 0 Å². The second-order valence-corrected chi connectivity index (χ2v) is 5.19. The summed E-state index contributed by atoms with van der Waals surface area (Å²) in [4.78, 5) is 0.0419. The van der Waals surface area contributed by atoms with Gasteiger partial charge < -0.3 is 10.5 Å². The van der Waals surface area contributed by atoms with Gasteiger partial charge in [-0.15, -0.1) is 0 Å². The van der Waals surface area contributed by atoms with Crippen LogP contribution in [0.3, 0.4) is 0 Å². The third-order valence-corrected chi connectivity index (χ3v) is 3.40. The van der Waals surface area contributed by atoms with E-state index in [4.69, 9.17) is 22.7 Å². The molecule has 0 aliphatic rings. The molecule has 0 spiro atoms. The molecule has 5 heteroatoms. The third-order valence-electron chi connectivity index (χ3n) is 2.53. The third kappa shape index (κ3) is 3.52. The summed E-state index contributed by atoms with van der Waals surface area (Å²) in [6.07, 6.45) is 0. The zero-order valence-electron chi connectivity index (χ0n) is 9.90. The second-order valence-electron chi connectivity index (χ2n) is 3.90. The van der Waals surface area contributed by atoms with Crippen molar-refractivity contribution in [1.29, 1.82) is 0 Å². The minimum absolute atomic E-state index is 0.0419. The molecule has 2 aromatic carbocycles. The Morgan fingerprint density at radius 3 is 2.68 bits per heavy atom. The summed E-state index contributed by atoms with van der Waals surface area (Å²) in [5.41, 5.74) is 6.50. The Kier molecular flexibility index (Phi) is 4.50. The van der Waals surface area contributed by atoms with Crippen LogP contribution in [0.1, 0.15) is 11.1 Å². The van der Waals surface area contributed by atoms with Crippen LogP contribution in [0, 0.1) is 5.82 Å². The number of para-hydroxylation sites is 1. The molecule has 2 N–H and O–H groups in total. The Hall–Kier alpha value is -1.46. The molecule has 0 unspecified atom stereocenters. The molecule has 0 saturated heterocycles. The predicted molar refractivity (Wildman–Crippen MR) is 80.8 cm³/mol. The molecule has 2 nitrogen and oxygen atoms in total. The lowest BCUT2D eigenvalue weighted by Gasteiger charge is -2.09. The minimum Gasteiger partial charge on any atom is -0.488 e. The van der Waals surface area contributed by atoms with E-state index in [9.17, 15) is 4.39 Å². The fourth-order valence-electron chi connectivity index (χ4n) is 1.57. The zero-order valence-corrected chi connectivity index (χ0v) is 12.3. The number of halogens is 2. The molecular weight excluding hydrogens is 329 g/mol. The van der Waals surface area contributed by atoms with Crippen molar-refractivity contribution in [3.05, 3.63) is 63.9 Å². The maximum atomic E-state index is 13.4. The van der Waals surface area contributed by atoms with Gasteiger partial charge in [-0.1, -0.05) is 30.4 Å². The molecular formula is C14H11BrFNOS. The van der Waals surface area contributed by atoms with E-state index >= 15 is 0 Å². The Morgan fingerprint density at radius 1 is 1.26 bits per heavy atom. The molecule has 0 saturated carbocycles. The molecule has 0 aromatic heterocycles. The molecule has 98 valence electrons. The molecule has 0 heterocycles. The lowest BCUT2D eigenvalue weighted by atomic mass is 10.1. The summed E-state index contributed by atoms with van der Waals surface area (Å²) in [5, 5.41) is 0. The Morgan fingerprint density at radius 2 is 2.00 bits per heavy atom. The van der Waals surface area contributed by atoms with Gasteiger partial charge in [-0.3, -0.25) is 0 Å². The van der Waals surface area contributed by atoms with Crippen LogP contribution in [-0.4, -0.2) is 4.99 Å². The molecule has 0 bridgehead atoms. The van der Waals surface area contributed by atoms with E-state index in [-0.39, 0.29) is 10.6 Å². The van der Waals surface area contributed by atoms with E-state index in [0.717, 1.165) is 15.8 Å². The van der Waals surface area contributed by atoms with Crippen LogP contribution in [0.25, 0.3) is 0 Å². The number of hydrogen-bond donors (Lipinski definition) is 1. The quantitative estimate of drug-likeness (QED) is 0.860. The molecule has 0 fully saturated rings. The van der Waals surface area contributed by atoms with Gasteiger partial charge in [0.05, 0.1) is 4.47 Å². The van der Waals surface area contributed by atoms with Gasteiger partial charge in [0, 0.05) is 5.56 Å². The maximum Gasteiger partial charge on any atom is 0.133 e. The van der Waals surface area contributed by atoms with Crippen molar-refractivity contribution < 1.29 is 9.13 Å². The van der Waals surface area contributed by atoms with Crippen molar-refractivity contribution in [2.45, 2.75) is 6.61 Å². The number of benzene rings is 2. The monoisotopic (exact) mass is 339 g/mol. The molecule has 0 aliphatic carbocycles. The van der Waals surface area contributed by atoms with Crippen molar-refractivity contribution in [3.8, 4) is 5.75 Å². The number of nitrogens with two attached hydrogens (primary N) is 1. The van der Waals surface area contributed by atoms with Crippen molar-refractivity contribution in [2.24, 2.45) is 5.73 Å². The Balaban J connectivity index is 2.14. The average Bonchev–Trinajstić information content (AvgIpc) is 2.39. The molecule has 0 aliphatic heterocycles. The molecule has 2 aromatic rings. The highest BCUT2D eigenvalue weighted by molar-refractivity contribution is 9.10. The SMILES string of the molecule is NC(=S)c1cc(COc2ccccc2Br)ccc1F. The highest BCUT2D eigenvalue weighted by atomic mass is 79.9. The van der Waals surface area contributed by atoms with E-state index < -0.39 is 5.82 Å². The lowest BCUT2D eigenvalue weighted by Crippen LogP contribution is -2.12. The fraction of sp³-hybridized carbons (Fsp3) is 0.0714. The largest absolute Gasteiger partial charge is 0.488 e. The van der Waals surface area contributed by atoms with Gasteiger partial charge in [0.2, 0.25) is 0 Å². The normalized spacial score (nSPS) is 10.2. The summed E-state index contributed by atoms with van der Waals surface area (Å²) in [6, 6.07) is 12.1. The van der Waals surface area contributed by atoms with Gasteiger partial charge >= 0.3 is 0 Å². The van der Waals surface area contributed by atoms with Crippen LogP contribution < -0.4 is 10.5 Å². The van der Waals surface area contributed by atoms with Gasteiger partial charge in [-0.25, -0.2) is 4.39 Å². The highest BCUT2D eigenvalue weighted by Crippen LogP contribution is 2.24. The van der Waals surface area contributed by atoms with E-state index in [1.165, 1.54) is 6.07 Å². The predicted octanol–water partition coefficient (Wildman–Crippen LogP) is 3.80. The summed E-state index contributed by atoms with van der Waals surface area (Å²) in [5.74, 6) is 0.306. The van der Waals surface area contributed by atoms with E-state index in [0.29, 0.717) is 6.61 Å². The lowest BCUT2D eigenvalue weighted by molar-refractivity contribution is 0.304. The van der Waals surface area contributed by atoms with Crippen LogP contribution in [0.15, 0.2) is 46.9 Å². The number of hydrogen-bond acceptors (Lipinski definition) is 2. The first kappa shape index (κ1) is 14.0. The van der Waals surface area contributed by atoms with E-state index in [1.807, 2.05) is 24.3 Å². The molecule has 2 rings (SSSR count). The topological polar surface area (TPSA) is 35.2 Å². The average molecular weight is 340 g/mol. The molecule has 0 amide bonds. The van der Waals surface area contributed by atoms with E-state index in [1.54, 1.807) is 12.1 Å². The first-order chi connectivity index (χ1) is 9.08. The zero-order chi connectivity index (χ0) is 13.8. The first-order valence-corrected chi connectivity index (χ1v) is 6.73. The highest BCUT2D eigenvalue weighted by Gasteiger charge is 2.07. The fourth-order valence-corrected chi connectivity index (χ4v) is 2.13. The van der Waals surface area contributed by atoms with Gasteiger partial charge in [-0.05, 0) is 45.8 Å². The Labute approximate surface area is 124 Å². The van der Waals surface area contributed by atoms with Gasteiger partial charge in [0.15, 0.2) is 0 Å². The number of ether oxygens (including phenoxy) is 1. The number of rotatable bonds is 4. The number of thiocarbonyl (C=S) groups is 1. The smallest absolute Gasteiger partial charge is 0.133 e. The summed E-state index contributed by atoms with van der Waals surface area (Å²) in [6.45, 7) is 0.318. The Bertz CT molecular complexity index is 618.